The lowest BCUT2D eigenvalue weighted by Gasteiger charge is -2.07. The molecule has 6 aromatic rings. The Balaban J connectivity index is 0.000000219. The number of nitro benzene ring substituents is 2. The Labute approximate surface area is 336 Å². The molecule has 0 spiro atoms. The van der Waals surface area contributed by atoms with E-state index < -0.39 is 33.6 Å². The number of non-ortho nitro benzene ring substituents is 2. The summed E-state index contributed by atoms with van der Waals surface area (Å²) in [5.41, 5.74) is 10.6. The predicted molar refractivity (Wildman–Crippen MR) is 216 cm³/mol. The number of nitrogens with one attached hydrogen (secondary N) is 2. The maximum Gasteiger partial charge on any atom is 0.308 e. The summed E-state index contributed by atoms with van der Waals surface area (Å²) in [5.74, 6) is -2.28. The van der Waals surface area contributed by atoms with Gasteiger partial charge in [-0.3, -0.25) is 54.4 Å². The molecule has 2 heterocycles. The lowest BCUT2D eigenvalue weighted by molar-refractivity contribution is -0.385. The number of nitrogen functional groups attached to an aromatic ring is 1. The first kappa shape index (κ1) is 44.1. The molecule has 2 aromatic heterocycles. The molecule has 0 aliphatic carbocycles. The topological polar surface area (TPSA) is 273 Å². The van der Waals surface area contributed by atoms with Crippen molar-refractivity contribution >= 4 is 68.7 Å². The number of anilines is 1. The molecule has 0 fully saturated rings. The molecule has 2 atom stereocenters. The molecule has 59 heavy (non-hydrogen) atoms. The summed E-state index contributed by atoms with van der Waals surface area (Å²) >= 11 is 0. The van der Waals surface area contributed by atoms with Gasteiger partial charge in [-0.15, -0.1) is 0 Å². The molecule has 0 radical (unpaired) electrons. The van der Waals surface area contributed by atoms with Crippen molar-refractivity contribution in [3.63, 3.8) is 0 Å². The minimum Gasteiger partial charge on any atom is -0.469 e. The SMILES string of the molecule is COC(=O)[C@H](C)CC(=O)c1n[nH]c2cc(CCc3cccc([N+](=O)[O-])c3)ccc12.COC(=O)[C@H](C)CC(=O)c1n[nH]c2cc(N)ccc12.O=Cc1cccc([N+](=O)[O-])c1. The molecule has 0 unspecified atom stereocenters. The van der Waals surface area contributed by atoms with E-state index in [4.69, 9.17) is 5.73 Å². The van der Waals surface area contributed by atoms with Crippen molar-refractivity contribution in [1.29, 1.82) is 0 Å². The minimum absolute atomic E-state index is 0.0289. The van der Waals surface area contributed by atoms with Gasteiger partial charge in [0.2, 0.25) is 0 Å². The molecule has 6 rings (SSSR count). The molecular formula is C41H41N7O11. The van der Waals surface area contributed by atoms with E-state index in [0.717, 1.165) is 16.6 Å². The number of ether oxygens (including phenoxy) is 2. The van der Waals surface area contributed by atoms with Crippen LogP contribution in [-0.4, -0.2) is 74.3 Å². The van der Waals surface area contributed by atoms with E-state index >= 15 is 0 Å². The number of H-pyrrole nitrogens is 2. The number of aromatic nitrogens is 4. The fourth-order valence-electron chi connectivity index (χ4n) is 5.83. The molecule has 18 nitrogen and oxygen atoms in total. The van der Waals surface area contributed by atoms with Crippen LogP contribution in [-0.2, 0) is 31.9 Å². The third kappa shape index (κ3) is 11.9. The van der Waals surface area contributed by atoms with Crippen LogP contribution in [0.25, 0.3) is 21.8 Å². The number of methoxy groups -OCH3 is 2. The standard InChI is InChI=1S/C21H21N3O5.C13H15N3O3.C7H5NO3/c1-13(21(26)29-2)10-19(25)20-17-9-8-15(12-18(17)22-23-20)7-6-14-4-3-5-16(11-14)24(27)28;1-7(13(18)19-2)5-11(17)12-9-4-3-8(14)6-10(9)15-16-12;9-5-6-2-1-3-7(4-6)8(10)11/h3-5,8-9,11-13H,6-7,10H2,1-2H3,(H,22,23);3-4,6-7H,5,14H2,1-2H3,(H,15,16);1-5H/t13-;7-;/m11./s1. The van der Waals surface area contributed by atoms with Gasteiger partial charge >= 0.3 is 11.9 Å². The summed E-state index contributed by atoms with van der Waals surface area (Å²) in [6.45, 7) is 3.29. The maximum absolute atomic E-state index is 12.5. The third-order valence-corrected chi connectivity index (χ3v) is 8.97. The number of nitrogens with zero attached hydrogens (tertiary/aromatic N) is 4. The zero-order chi connectivity index (χ0) is 43.2. The van der Waals surface area contributed by atoms with Crippen molar-refractivity contribution < 1.29 is 43.3 Å². The number of Topliss-reactive ketones (excluding diaryl/α,β-unsaturated/α-hetero) is 2. The number of aryl methyl sites for hydroxylation is 2. The quantitative estimate of drug-likeness (QED) is 0.0262. The molecule has 4 N–H and O–H groups in total. The van der Waals surface area contributed by atoms with Gasteiger partial charge in [0.15, 0.2) is 11.6 Å². The van der Waals surface area contributed by atoms with Crippen molar-refractivity contribution in [2.24, 2.45) is 11.8 Å². The smallest absolute Gasteiger partial charge is 0.308 e. The third-order valence-electron chi connectivity index (χ3n) is 8.97. The summed E-state index contributed by atoms with van der Waals surface area (Å²) in [5, 5.41) is 36.2. The first-order valence-electron chi connectivity index (χ1n) is 18.0. The van der Waals surface area contributed by atoms with E-state index in [0.29, 0.717) is 58.1 Å². The molecule has 18 heteroatoms. The van der Waals surface area contributed by atoms with Crippen LogP contribution in [0.5, 0.6) is 0 Å². The maximum atomic E-state index is 12.5. The zero-order valence-corrected chi connectivity index (χ0v) is 32.5. The van der Waals surface area contributed by atoms with Crippen LogP contribution in [0.3, 0.4) is 0 Å². The summed E-state index contributed by atoms with van der Waals surface area (Å²) in [6, 6.07) is 23.0. The van der Waals surface area contributed by atoms with Gasteiger partial charge < -0.3 is 15.2 Å². The van der Waals surface area contributed by atoms with Crippen molar-refractivity contribution in [2.75, 3.05) is 20.0 Å². The number of nitrogens with two attached hydrogens (primary N) is 1. The second-order valence-corrected chi connectivity index (χ2v) is 13.3. The lowest BCUT2D eigenvalue weighted by atomic mass is 9.99. The van der Waals surface area contributed by atoms with E-state index in [2.05, 4.69) is 29.9 Å². The van der Waals surface area contributed by atoms with Gasteiger partial charge in [0.1, 0.15) is 17.7 Å². The lowest BCUT2D eigenvalue weighted by Crippen LogP contribution is -2.17. The van der Waals surface area contributed by atoms with Crippen LogP contribution in [0.2, 0.25) is 0 Å². The number of aromatic amines is 2. The average Bonchev–Trinajstić information content (AvgIpc) is 3.87. The van der Waals surface area contributed by atoms with E-state index in [1.165, 1.54) is 44.6 Å². The van der Waals surface area contributed by atoms with Crippen molar-refractivity contribution in [3.8, 4) is 0 Å². The van der Waals surface area contributed by atoms with E-state index in [1.54, 1.807) is 44.2 Å². The Kier molecular flexibility index (Phi) is 15.3. The Morgan fingerprint density at radius 1 is 0.695 bits per heavy atom. The largest absolute Gasteiger partial charge is 0.469 e. The highest BCUT2D eigenvalue weighted by molar-refractivity contribution is 6.08. The zero-order valence-electron chi connectivity index (χ0n) is 32.5. The van der Waals surface area contributed by atoms with Gasteiger partial charge in [-0.25, -0.2) is 0 Å². The molecule has 0 saturated heterocycles. The van der Waals surface area contributed by atoms with Gasteiger partial charge in [-0.05, 0) is 48.2 Å². The number of nitro groups is 2. The second-order valence-electron chi connectivity index (χ2n) is 13.3. The summed E-state index contributed by atoms with van der Waals surface area (Å²) < 4.78 is 9.26. The normalized spacial score (nSPS) is 11.5. The van der Waals surface area contributed by atoms with Crippen molar-refractivity contribution in [2.45, 2.75) is 39.5 Å². The van der Waals surface area contributed by atoms with Gasteiger partial charge in [0, 0.05) is 59.1 Å². The Morgan fingerprint density at radius 3 is 1.68 bits per heavy atom. The molecule has 306 valence electrons. The number of carbonyl (C=O) groups is 5. The molecule has 0 aliphatic heterocycles. The Hall–Kier alpha value is -7.63. The van der Waals surface area contributed by atoms with Crippen LogP contribution >= 0.6 is 0 Å². The van der Waals surface area contributed by atoms with E-state index in [9.17, 15) is 44.2 Å². The molecule has 0 bridgehead atoms. The van der Waals surface area contributed by atoms with Crippen LogP contribution in [0.1, 0.15) is 69.2 Å². The number of rotatable bonds is 14. The number of esters is 2. The minimum atomic E-state index is -0.535. The number of benzene rings is 4. The predicted octanol–water partition coefficient (Wildman–Crippen LogP) is 6.57. The van der Waals surface area contributed by atoms with Crippen molar-refractivity contribution in [3.05, 3.63) is 133 Å². The van der Waals surface area contributed by atoms with Gasteiger partial charge in [-0.2, -0.15) is 10.2 Å². The average molecular weight is 808 g/mol. The number of ketones is 2. The van der Waals surface area contributed by atoms with Crippen LogP contribution in [0, 0.1) is 32.1 Å². The van der Waals surface area contributed by atoms with Crippen LogP contribution < -0.4 is 5.73 Å². The van der Waals surface area contributed by atoms with Gasteiger partial charge in [0.25, 0.3) is 11.4 Å². The molecular weight excluding hydrogens is 766 g/mol. The summed E-state index contributed by atoms with van der Waals surface area (Å²) in [4.78, 5) is 77.7. The van der Waals surface area contributed by atoms with Crippen molar-refractivity contribution in [1.82, 2.24) is 20.4 Å². The van der Waals surface area contributed by atoms with Gasteiger partial charge in [-0.1, -0.05) is 50.2 Å². The highest BCUT2D eigenvalue weighted by Crippen LogP contribution is 2.23. The molecule has 0 saturated carbocycles. The number of carbonyl (C=O) groups excluding carboxylic acids is 5. The highest BCUT2D eigenvalue weighted by Gasteiger charge is 2.23. The summed E-state index contributed by atoms with van der Waals surface area (Å²) in [6.07, 6.45) is 2.02. The van der Waals surface area contributed by atoms with E-state index in [1.807, 2.05) is 24.3 Å². The second kappa shape index (κ2) is 20.5. The first-order chi connectivity index (χ1) is 28.1. The Morgan fingerprint density at radius 2 is 1.17 bits per heavy atom. The highest BCUT2D eigenvalue weighted by atomic mass is 16.6. The number of hydrogen-bond acceptors (Lipinski definition) is 14. The fourth-order valence-corrected chi connectivity index (χ4v) is 5.83. The monoisotopic (exact) mass is 807 g/mol. The fraction of sp³-hybridized carbons (Fsp3) is 0.244. The van der Waals surface area contributed by atoms with E-state index in [-0.39, 0.29) is 35.8 Å². The molecule has 0 amide bonds. The summed E-state index contributed by atoms with van der Waals surface area (Å²) in [7, 11) is 2.60. The molecule has 4 aromatic carbocycles. The number of hydrogen-bond donors (Lipinski definition) is 3. The number of fused-ring (bicyclic) bond motifs is 2. The molecule has 0 aliphatic rings. The number of aldehydes is 1. The first-order valence-corrected chi connectivity index (χ1v) is 18.0. The van der Waals surface area contributed by atoms with Crippen LogP contribution in [0.15, 0.2) is 84.9 Å². The van der Waals surface area contributed by atoms with Crippen LogP contribution in [0.4, 0.5) is 17.1 Å². The van der Waals surface area contributed by atoms with Gasteiger partial charge in [0.05, 0.1) is 46.9 Å². The Bertz CT molecular complexity index is 2510.